The van der Waals surface area contributed by atoms with Gasteiger partial charge in [-0.25, -0.2) is 0 Å². The molecule has 1 aromatic carbocycles. The first-order chi connectivity index (χ1) is 6.66. The number of hydrogen-bond acceptors (Lipinski definition) is 3. The molecule has 0 aliphatic carbocycles. The minimum absolute atomic E-state index is 0.408. The minimum atomic E-state index is -0.471. The van der Waals surface area contributed by atoms with Gasteiger partial charge in [-0.2, -0.15) is 0 Å². The van der Waals surface area contributed by atoms with Crippen molar-refractivity contribution in [3.63, 3.8) is 0 Å². The predicted octanol–water partition coefficient (Wildman–Crippen LogP) is 1.87. The van der Waals surface area contributed by atoms with Crippen molar-refractivity contribution in [3.8, 4) is 0 Å². The molecule has 76 valence electrons. The Bertz CT molecular complexity index is 339. The molecule has 0 unspecified atom stereocenters. The molecule has 0 saturated carbocycles. The molecule has 1 amide bonds. The first-order valence-corrected chi connectivity index (χ1v) is 5.46. The van der Waals surface area contributed by atoms with Crippen LogP contribution in [0.1, 0.15) is 23.7 Å². The molecule has 0 bridgehead atoms. The number of nitrogen functional groups attached to an aromatic ring is 1. The first-order valence-electron chi connectivity index (χ1n) is 4.48. The monoisotopic (exact) mass is 210 g/mol. The largest absolute Gasteiger partial charge is 0.397 e. The molecule has 0 aliphatic heterocycles. The Hall–Kier alpha value is -1.16. The summed E-state index contributed by atoms with van der Waals surface area (Å²) in [7, 11) is 0. The predicted molar refractivity (Wildman–Crippen MR) is 60.4 cm³/mol. The molecule has 1 aromatic rings. The van der Waals surface area contributed by atoms with Crippen LogP contribution in [0, 0.1) is 0 Å². The highest BCUT2D eigenvalue weighted by Crippen LogP contribution is 2.27. The summed E-state index contributed by atoms with van der Waals surface area (Å²) in [6.45, 7) is 2.10. The van der Waals surface area contributed by atoms with Crippen LogP contribution < -0.4 is 11.5 Å². The van der Waals surface area contributed by atoms with Crippen molar-refractivity contribution in [3.05, 3.63) is 23.8 Å². The van der Waals surface area contributed by atoms with Crippen molar-refractivity contribution in [1.82, 2.24) is 0 Å². The van der Waals surface area contributed by atoms with Gasteiger partial charge in [0.25, 0.3) is 5.91 Å². The summed E-state index contributed by atoms with van der Waals surface area (Å²) in [5, 5.41) is 0. The molecule has 14 heavy (non-hydrogen) atoms. The molecule has 0 spiro atoms. The SMILES string of the molecule is CCCSc1cccc(C(N)=O)c1N. The van der Waals surface area contributed by atoms with Crippen molar-refractivity contribution in [2.75, 3.05) is 11.5 Å². The zero-order valence-corrected chi connectivity index (χ0v) is 8.93. The van der Waals surface area contributed by atoms with Crippen LogP contribution >= 0.6 is 11.8 Å². The van der Waals surface area contributed by atoms with Crippen molar-refractivity contribution < 1.29 is 4.79 Å². The van der Waals surface area contributed by atoms with Gasteiger partial charge in [0, 0.05) is 4.90 Å². The van der Waals surface area contributed by atoms with E-state index in [-0.39, 0.29) is 0 Å². The van der Waals surface area contributed by atoms with Crippen molar-refractivity contribution in [2.45, 2.75) is 18.2 Å². The summed E-state index contributed by atoms with van der Waals surface area (Å²) in [5.74, 6) is 0.522. The summed E-state index contributed by atoms with van der Waals surface area (Å²) in [4.78, 5) is 11.9. The minimum Gasteiger partial charge on any atom is -0.397 e. The topological polar surface area (TPSA) is 69.1 Å². The lowest BCUT2D eigenvalue weighted by Gasteiger charge is -2.07. The van der Waals surface area contributed by atoms with Gasteiger partial charge in [-0.15, -0.1) is 11.8 Å². The van der Waals surface area contributed by atoms with Gasteiger partial charge in [-0.3, -0.25) is 4.79 Å². The number of para-hydroxylation sites is 1. The first kappa shape index (κ1) is 10.9. The highest BCUT2D eigenvalue weighted by atomic mass is 32.2. The number of amides is 1. The molecule has 0 aromatic heterocycles. The Balaban J connectivity index is 2.95. The van der Waals surface area contributed by atoms with E-state index in [2.05, 4.69) is 6.92 Å². The number of carbonyl (C=O) groups is 1. The van der Waals surface area contributed by atoms with Crippen molar-refractivity contribution >= 4 is 23.4 Å². The van der Waals surface area contributed by atoms with Gasteiger partial charge >= 0.3 is 0 Å². The van der Waals surface area contributed by atoms with E-state index in [1.165, 1.54) is 0 Å². The van der Waals surface area contributed by atoms with E-state index in [1.54, 1.807) is 23.9 Å². The molecule has 0 heterocycles. The van der Waals surface area contributed by atoms with E-state index in [1.807, 2.05) is 6.07 Å². The number of benzene rings is 1. The molecule has 0 radical (unpaired) electrons. The van der Waals surface area contributed by atoms with Crippen LogP contribution in [0.4, 0.5) is 5.69 Å². The van der Waals surface area contributed by atoms with Gasteiger partial charge in [-0.05, 0) is 24.3 Å². The average molecular weight is 210 g/mol. The molecular weight excluding hydrogens is 196 g/mol. The van der Waals surface area contributed by atoms with E-state index < -0.39 is 5.91 Å². The van der Waals surface area contributed by atoms with Crippen LogP contribution in [-0.4, -0.2) is 11.7 Å². The average Bonchev–Trinajstić information content (AvgIpc) is 2.16. The Kier molecular flexibility index (Phi) is 3.83. The lowest BCUT2D eigenvalue weighted by Crippen LogP contribution is -2.13. The fourth-order valence-corrected chi connectivity index (χ4v) is 1.96. The van der Waals surface area contributed by atoms with Crippen LogP contribution in [0.25, 0.3) is 0 Å². The maximum Gasteiger partial charge on any atom is 0.250 e. The molecule has 0 aliphatic rings. The smallest absolute Gasteiger partial charge is 0.250 e. The Morgan fingerprint density at radius 2 is 2.21 bits per heavy atom. The summed E-state index contributed by atoms with van der Waals surface area (Å²) in [6.07, 6.45) is 1.07. The second-order valence-corrected chi connectivity index (χ2v) is 4.07. The van der Waals surface area contributed by atoms with Gasteiger partial charge < -0.3 is 11.5 Å². The molecule has 3 nitrogen and oxygen atoms in total. The molecule has 0 fully saturated rings. The van der Waals surface area contributed by atoms with E-state index in [0.29, 0.717) is 11.3 Å². The molecule has 4 heteroatoms. The van der Waals surface area contributed by atoms with Crippen LogP contribution in [0.2, 0.25) is 0 Å². The van der Waals surface area contributed by atoms with Gasteiger partial charge in [-0.1, -0.05) is 13.0 Å². The van der Waals surface area contributed by atoms with Gasteiger partial charge in [0.1, 0.15) is 0 Å². The molecule has 0 saturated heterocycles. The van der Waals surface area contributed by atoms with Gasteiger partial charge in [0.2, 0.25) is 0 Å². The fourth-order valence-electron chi connectivity index (χ4n) is 1.10. The fraction of sp³-hybridized carbons (Fsp3) is 0.300. The van der Waals surface area contributed by atoms with Crippen molar-refractivity contribution in [2.24, 2.45) is 5.73 Å². The number of carbonyl (C=O) groups excluding carboxylic acids is 1. The summed E-state index contributed by atoms with van der Waals surface area (Å²) < 4.78 is 0. The van der Waals surface area contributed by atoms with E-state index in [4.69, 9.17) is 11.5 Å². The number of rotatable bonds is 4. The molecule has 4 N–H and O–H groups in total. The second kappa shape index (κ2) is 4.91. The Labute approximate surface area is 87.9 Å². The van der Waals surface area contributed by atoms with E-state index >= 15 is 0 Å². The number of nitrogens with two attached hydrogens (primary N) is 2. The third kappa shape index (κ3) is 2.42. The number of hydrogen-bond donors (Lipinski definition) is 2. The Morgan fingerprint density at radius 1 is 1.50 bits per heavy atom. The normalized spacial score (nSPS) is 10.1. The molecule has 0 atom stereocenters. The highest BCUT2D eigenvalue weighted by molar-refractivity contribution is 7.99. The summed E-state index contributed by atoms with van der Waals surface area (Å²) in [6, 6.07) is 5.35. The lowest BCUT2D eigenvalue weighted by molar-refractivity contribution is 0.100. The third-order valence-corrected chi connectivity index (χ3v) is 3.07. The van der Waals surface area contributed by atoms with Crippen LogP contribution in [0.3, 0.4) is 0 Å². The summed E-state index contributed by atoms with van der Waals surface area (Å²) >= 11 is 1.65. The molecular formula is C10H14N2OS. The van der Waals surface area contributed by atoms with Gasteiger partial charge in [0.05, 0.1) is 11.3 Å². The standard InChI is InChI=1S/C10H14N2OS/c1-2-6-14-8-5-3-4-7(9(8)11)10(12)13/h3-5H,2,6,11H2,1H3,(H2,12,13). The highest BCUT2D eigenvalue weighted by Gasteiger charge is 2.08. The third-order valence-electron chi connectivity index (χ3n) is 1.79. The number of anilines is 1. The van der Waals surface area contributed by atoms with E-state index in [9.17, 15) is 4.79 Å². The van der Waals surface area contributed by atoms with Gasteiger partial charge in [0.15, 0.2) is 0 Å². The zero-order chi connectivity index (χ0) is 10.6. The van der Waals surface area contributed by atoms with Crippen LogP contribution in [-0.2, 0) is 0 Å². The number of primary amides is 1. The van der Waals surface area contributed by atoms with E-state index in [0.717, 1.165) is 17.1 Å². The van der Waals surface area contributed by atoms with Crippen LogP contribution in [0.15, 0.2) is 23.1 Å². The maximum absolute atomic E-state index is 11.0. The lowest BCUT2D eigenvalue weighted by atomic mass is 10.2. The Morgan fingerprint density at radius 3 is 2.79 bits per heavy atom. The van der Waals surface area contributed by atoms with Crippen LogP contribution in [0.5, 0.6) is 0 Å². The maximum atomic E-state index is 11.0. The number of thioether (sulfide) groups is 1. The summed E-state index contributed by atoms with van der Waals surface area (Å²) in [5.41, 5.74) is 11.9. The zero-order valence-electron chi connectivity index (χ0n) is 8.12. The second-order valence-electron chi connectivity index (χ2n) is 2.93. The molecule has 1 rings (SSSR count). The van der Waals surface area contributed by atoms with Crippen molar-refractivity contribution in [1.29, 1.82) is 0 Å². The quantitative estimate of drug-likeness (QED) is 0.588.